The van der Waals surface area contributed by atoms with Gasteiger partial charge in [-0.3, -0.25) is 4.79 Å². The van der Waals surface area contributed by atoms with Gasteiger partial charge in [-0.1, -0.05) is 12.5 Å². The maximum absolute atomic E-state index is 11.9. The van der Waals surface area contributed by atoms with Crippen LogP contribution in [-0.2, 0) is 4.79 Å². The van der Waals surface area contributed by atoms with Crippen molar-refractivity contribution in [3.05, 3.63) is 23.8 Å². The molecule has 0 unspecified atom stereocenters. The third kappa shape index (κ3) is 4.11. The first-order chi connectivity index (χ1) is 8.56. The fraction of sp³-hybridized carbons (Fsp3) is 0.500. The maximum Gasteiger partial charge on any atom is 0.224 e. The van der Waals surface area contributed by atoms with Crippen LogP contribution in [0.3, 0.4) is 0 Å². The summed E-state index contributed by atoms with van der Waals surface area (Å²) in [5.41, 5.74) is 7.42. The summed E-state index contributed by atoms with van der Waals surface area (Å²) in [5, 5.41) is 12.4. The average molecular weight is 285 g/mol. The number of hydrogen-bond donors (Lipinski definition) is 3. The molecule has 0 aliphatic heterocycles. The predicted octanol–water partition coefficient (Wildman–Crippen LogP) is 2.58. The fourth-order valence-electron chi connectivity index (χ4n) is 2.51. The minimum Gasteiger partial charge on any atom is -0.506 e. The largest absolute Gasteiger partial charge is 0.506 e. The number of halogens is 1. The molecule has 1 aromatic carbocycles. The van der Waals surface area contributed by atoms with Gasteiger partial charge in [-0.25, -0.2) is 0 Å². The molecule has 1 amide bonds. The van der Waals surface area contributed by atoms with Gasteiger partial charge in [-0.15, -0.1) is 12.4 Å². The summed E-state index contributed by atoms with van der Waals surface area (Å²) in [5.74, 6) is 0.305. The zero-order valence-corrected chi connectivity index (χ0v) is 11.9. The summed E-state index contributed by atoms with van der Waals surface area (Å²) in [6, 6.07) is 5.30. The molecule has 0 aromatic heterocycles. The van der Waals surface area contributed by atoms with Crippen molar-refractivity contribution in [3.8, 4) is 5.75 Å². The highest BCUT2D eigenvalue weighted by atomic mass is 35.5. The van der Waals surface area contributed by atoms with E-state index in [1.165, 1.54) is 0 Å². The van der Waals surface area contributed by atoms with Gasteiger partial charge in [0.05, 0.1) is 5.69 Å². The van der Waals surface area contributed by atoms with Gasteiger partial charge < -0.3 is 16.2 Å². The summed E-state index contributed by atoms with van der Waals surface area (Å²) >= 11 is 0. The lowest BCUT2D eigenvalue weighted by Crippen LogP contribution is -2.28. The molecule has 4 N–H and O–H groups in total. The van der Waals surface area contributed by atoms with Crippen molar-refractivity contribution in [2.24, 2.45) is 11.7 Å². The van der Waals surface area contributed by atoms with E-state index in [0.717, 1.165) is 24.8 Å². The third-order valence-corrected chi connectivity index (χ3v) is 3.59. The topological polar surface area (TPSA) is 75.3 Å². The van der Waals surface area contributed by atoms with Crippen molar-refractivity contribution in [2.45, 2.75) is 38.6 Å². The molecule has 1 aliphatic carbocycles. The molecule has 0 spiro atoms. The van der Waals surface area contributed by atoms with Crippen LogP contribution in [0.25, 0.3) is 0 Å². The van der Waals surface area contributed by atoms with Crippen molar-refractivity contribution in [3.63, 3.8) is 0 Å². The Balaban J connectivity index is 0.00000180. The minimum absolute atomic E-state index is 0. The molecule has 0 radical (unpaired) electrons. The van der Waals surface area contributed by atoms with Crippen LogP contribution in [-0.4, -0.2) is 17.1 Å². The second kappa shape index (κ2) is 6.78. The van der Waals surface area contributed by atoms with Crippen LogP contribution < -0.4 is 11.1 Å². The van der Waals surface area contributed by atoms with Gasteiger partial charge in [0.25, 0.3) is 0 Å². The standard InChI is InChI=1S/C14H20N2O2.ClH/c1-9-5-6-13(17)12(7-9)16-14(18)8-10-3-2-4-11(10)15;/h5-7,10-11,17H,2-4,8,15H2,1H3,(H,16,18);1H/t10-,11+;/m0./s1. The molecule has 1 aromatic rings. The Hall–Kier alpha value is -1.26. The summed E-state index contributed by atoms with van der Waals surface area (Å²) in [4.78, 5) is 11.9. The average Bonchev–Trinajstić information content (AvgIpc) is 2.70. The van der Waals surface area contributed by atoms with Gasteiger partial charge in [0, 0.05) is 12.5 Å². The summed E-state index contributed by atoms with van der Waals surface area (Å²) in [6.07, 6.45) is 3.57. The van der Waals surface area contributed by atoms with Crippen molar-refractivity contribution in [2.75, 3.05) is 5.32 Å². The molecular weight excluding hydrogens is 264 g/mol. The summed E-state index contributed by atoms with van der Waals surface area (Å²) in [6.45, 7) is 1.92. The van der Waals surface area contributed by atoms with Crippen molar-refractivity contribution >= 4 is 24.0 Å². The SMILES string of the molecule is Cc1ccc(O)c(NC(=O)C[C@@H]2CCC[C@H]2N)c1.Cl. The monoisotopic (exact) mass is 284 g/mol. The number of nitrogens with one attached hydrogen (secondary N) is 1. The molecule has 0 heterocycles. The zero-order valence-electron chi connectivity index (χ0n) is 11.1. The van der Waals surface area contributed by atoms with E-state index < -0.39 is 0 Å². The van der Waals surface area contributed by atoms with Crippen molar-refractivity contribution in [1.82, 2.24) is 0 Å². The number of carbonyl (C=O) groups excluding carboxylic acids is 1. The molecule has 2 atom stereocenters. The maximum atomic E-state index is 11.9. The van der Waals surface area contributed by atoms with Gasteiger partial charge in [0.2, 0.25) is 5.91 Å². The van der Waals surface area contributed by atoms with Crippen LogP contribution in [0, 0.1) is 12.8 Å². The highest BCUT2D eigenvalue weighted by molar-refractivity contribution is 5.92. The Bertz CT molecular complexity index is 451. The van der Waals surface area contributed by atoms with Gasteiger partial charge in [0.1, 0.15) is 5.75 Å². The molecule has 5 heteroatoms. The van der Waals surface area contributed by atoms with Crippen LogP contribution in [0.5, 0.6) is 5.75 Å². The van der Waals surface area contributed by atoms with Gasteiger partial charge >= 0.3 is 0 Å². The fourth-order valence-corrected chi connectivity index (χ4v) is 2.51. The number of hydrogen-bond acceptors (Lipinski definition) is 3. The highest BCUT2D eigenvalue weighted by Gasteiger charge is 2.26. The summed E-state index contributed by atoms with van der Waals surface area (Å²) < 4.78 is 0. The molecule has 19 heavy (non-hydrogen) atoms. The number of carbonyl (C=O) groups is 1. The van der Waals surface area contributed by atoms with Crippen molar-refractivity contribution < 1.29 is 9.90 Å². The molecule has 106 valence electrons. The van der Waals surface area contributed by atoms with Crippen LogP contribution in [0.2, 0.25) is 0 Å². The van der Waals surface area contributed by atoms with E-state index in [1.807, 2.05) is 6.92 Å². The molecule has 0 saturated heterocycles. The van der Waals surface area contributed by atoms with Crippen LogP contribution in [0.1, 0.15) is 31.2 Å². The van der Waals surface area contributed by atoms with E-state index >= 15 is 0 Å². The zero-order chi connectivity index (χ0) is 13.1. The summed E-state index contributed by atoms with van der Waals surface area (Å²) in [7, 11) is 0. The number of nitrogens with two attached hydrogens (primary N) is 1. The number of phenolic OH excluding ortho intramolecular Hbond substituents is 1. The number of anilines is 1. The number of aromatic hydroxyl groups is 1. The molecule has 4 nitrogen and oxygen atoms in total. The third-order valence-electron chi connectivity index (χ3n) is 3.59. The molecule has 1 aliphatic rings. The smallest absolute Gasteiger partial charge is 0.224 e. The Kier molecular flexibility index (Phi) is 5.63. The molecule has 1 fully saturated rings. The highest BCUT2D eigenvalue weighted by Crippen LogP contribution is 2.28. The van der Waals surface area contributed by atoms with Crippen LogP contribution in [0.15, 0.2) is 18.2 Å². The van der Waals surface area contributed by atoms with E-state index in [0.29, 0.717) is 12.1 Å². The van der Waals surface area contributed by atoms with E-state index in [4.69, 9.17) is 5.73 Å². The Morgan fingerprint density at radius 1 is 1.47 bits per heavy atom. The van der Waals surface area contributed by atoms with E-state index in [1.54, 1.807) is 18.2 Å². The second-order valence-electron chi connectivity index (χ2n) is 5.13. The number of aryl methyl sites for hydroxylation is 1. The van der Waals surface area contributed by atoms with Gasteiger partial charge in [0.15, 0.2) is 0 Å². The number of benzene rings is 1. The first-order valence-electron chi connectivity index (χ1n) is 6.41. The van der Waals surface area contributed by atoms with E-state index in [9.17, 15) is 9.90 Å². The number of amides is 1. The lowest BCUT2D eigenvalue weighted by atomic mass is 10.00. The lowest BCUT2D eigenvalue weighted by Gasteiger charge is -2.15. The van der Waals surface area contributed by atoms with E-state index in [2.05, 4.69) is 5.32 Å². The van der Waals surface area contributed by atoms with Crippen molar-refractivity contribution in [1.29, 1.82) is 0 Å². The lowest BCUT2D eigenvalue weighted by molar-refractivity contribution is -0.117. The van der Waals surface area contributed by atoms with Crippen LogP contribution in [0.4, 0.5) is 5.69 Å². The molecule has 0 bridgehead atoms. The first kappa shape index (κ1) is 15.8. The Labute approximate surface area is 119 Å². The second-order valence-corrected chi connectivity index (χ2v) is 5.13. The Morgan fingerprint density at radius 3 is 2.84 bits per heavy atom. The Morgan fingerprint density at radius 2 is 2.21 bits per heavy atom. The van der Waals surface area contributed by atoms with Gasteiger partial charge in [-0.05, 0) is 43.4 Å². The number of rotatable bonds is 3. The predicted molar refractivity (Wildman–Crippen MR) is 78.7 cm³/mol. The molecular formula is C14H21ClN2O2. The van der Waals surface area contributed by atoms with Crippen LogP contribution >= 0.6 is 12.4 Å². The number of phenols is 1. The van der Waals surface area contributed by atoms with Gasteiger partial charge in [-0.2, -0.15) is 0 Å². The van der Waals surface area contributed by atoms with E-state index in [-0.39, 0.29) is 36.0 Å². The first-order valence-corrected chi connectivity index (χ1v) is 6.41. The molecule has 2 rings (SSSR count). The molecule has 1 saturated carbocycles. The minimum atomic E-state index is -0.0711. The quantitative estimate of drug-likeness (QED) is 0.747. The normalized spacial score (nSPS) is 21.8.